The van der Waals surface area contributed by atoms with E-state index in [9.17, 15) is 0 Å². The molecule has 1 aliphatic rings. The van der Waals surface area contributed by atoms with Crippen LogP contribution in [0.2, 0.25) is 0 Å². The largest absolute Gasteiger partial charge is 0.370 e. The molecule has 0 saturated carbocycles. The Bertz CT molecular complexity index is 827. The van der Waals surface area contributed by atoms with Gasteiger partial charge < -0.3 is 9.64 Å². The van der Waals surface area contributed by atoms with Gasteiger partial charge in [-0.05, 0) is 11.4 Å². The molecule has 0 bridgehead atoms. The van der Waals surface area contributed by atoms with Crippen molar-refractivity contribution in [1.82, 2.24) is 19.7 Å². The summed E-state index contributed by atoms with van der Waals surface area (Å²) >= 11 is 1.67. The fraction of sp³-hybridized carbons (Fsp3) is 0.438. The molecular weight excluding hydrogens is 310 g/mol. The van der Waals surface area contributed by atoms with Crippen molar-refractivity contribution in [2.24, 2.45) is 7.05 Å². The second-order valence-electron chi connectivity index (χ2n) is 5.71. The van der Waals surface area contributed by atoms with Crippen molar-refractivity contribution in [3.63, 3.8) is 0 Å². The number of fused-ring (bicyclic) bond motifs is 1. The molecule has 0 aliphatic carbocycles. The Balaban J connectivity index is 1.68. The van der Waals surface area contributed by atoms with E-state index < -0.39 is 0 Å². The highest BCUT2D eigenvalue weighted by molar-refractivity contribution is 7.16. The van der Waals surface area contributed by atoms with Crippen LogP contribution in [0.15, 0.2) is 23.8 Å². The minimum absolute atomic E-state index is 0.0335. The third-order valence-corrected chi connectivity index (χ3v) is 4.94. The second-order valence-corrected chi connectivity index (χ2v) is 6.60. The van der Waals surface area contributed by atoms with Gasteiger partial charge in [0.1, 0.15) is 22.6 Å². The Morgan fingerprint density at radius 2 is 2.30 bits per heavy atom. The number of ether oxygens (including phenoxy) is 1. The quantitative estimate of drug-likeness (QED) is 0.739. The molecule has 1 saturated heterocycles. The maximum atomic E-state index is 5.94. The van der Waals surface area contributed by atoms with Gasteiger partial charge in [0.2, 0.25) is 0 Å². The van der Waals surface area contributed by atoms with E-state index in [4.69, 9.17) is 9.72 Å². The van der Waals surface area contributed by atoms with Gasteiger partial charge in [0.05, 0.1) is 18.2 Å². The van der Waals surface area contributed by atoms with Crippen molar-refractivity contribution in [3.8, 4) is 0 Å². The molecule has 0 aromatic carbocycles. The summed E-state index contributed by atoms with van der Waals surface area (Å²) in [6, 6.07) is 2.11. The van der Waals surface area contributed by atoms with E-state index in [0.29, 0.717) is 6.61 Å². The molecule has 23 heavy (non-hydrogen) atoms. The average molecular weight is 329 g/mol. The van der Waals surface area contributed by atoms with E-state index >= 15 is 0 Å². The van der Waals surface area contributed by atoms with Crippen LogP contribution in [0.25, 0.3) is 10.2 Å². The Labute approximate surface area is 138 Å². The number of aryl methyl sites for hydroxylation is 2. The van der Waals surface area contributed by atoms with E-state index in [1.807, 2.05) is 24.1 Å². The van der Waals surface area contributed by atoms with E-state index in [1.165, 1.54) is 0 Å². The van der Waals surface area contributed by atoms with Gasteiger partial charge in [0.15, 0.2) is 0 Å². The molecule has 0 amide bonds. The molecule has 1 unspecified atom stereocenters. The zero-order chi connectivity index (χ0) is 15.8. The topological polar surface area (TPSA) is 56.1 Å². The molecule has 1 atom stereocenters. The van der Waals surface area contributed by atoms with Gasteiger partial charge in [-0.15, -0.1) is 11.3 Å². The lowest BCUT2D eigenvalue weighted by Crippen LogP contribution is -2.39. The molecule has 3 aromatic rings. The van der Waals surface area contributed by atoms with Crippen molar-refractivity contribution in [1.29, 1.82) is 0 Å². The maximum Gasteiger partial charge on any atom is 0.141 e. The van der Waals surface area contributed by atoms with E-state index in [1.54, 1.807) is 11.3 Å². The smallest absolute Gasteiger partial charge is 0.141 e. The lowest BCUT2D eigenvalue weighted by atomic mass is 10.1. The normalized spacial score (nSPS) is 18.7. The Morgan fingerprint density at radius 3 is 3.09 bits per heavy atom. The van der Waals surface area contributed by atoms with Crippen molar-refractivity contribution < 1.29 is 4.74 Å². The first-order valence-corrected chi connectivity index (χ1v) is 8.71. The molecule has 3 aromatic heterocycles. The maximum absolute atomic E-state index is 5.94. The van der Waals surface area contributed by atoms with Crippen LogP contribution in [0, 0.1) is 0 Å². The fourth-order valence-electron chi connectivity index (χ4n) is 2.93. The lowest BCUT2D eigenvalue weighted by molar-refractivity contribution is 0.0395. The van der Waals surface area contributed by atoms with Crippen LogP contribution >= 0.6 is 11.3 Å². The van der Waals surface area contributed by atoms with Gasteiger partial charge in [-0.25, -0.2) is 9.97 Å². The lowest BCUT2D eigenvalue weighted by Gasteiger charge is -2.33. The van der Waals surface area contributed by atoms with Crippen LogP contribution in [0.4, 0.5) is 5.82 Å². The first-order chi connectivity index (χ1) is 11.2. The molecule has 0 N–H and O–H groups in total. The number of hydrogen-bond acceptors (Lipinski definition) is 6. The Morgan fingerprint density at radius 1 is 1.39 bits per heavy atom. The van der Waals surface area contributed by atoms with Crippen LogP contribution in [0.3, 0.4) is 0 Å². The molecule has 1 fully saturated rings. The third kappa shape index (κ3) is 2.70. The van der Waals surface area contributed by atoms with Crippen LogP contribution < -0.4 is 4.90 Å². The number of anilines is 1. The van der Waals surface area contributed by atoms with Gasteiger partial charge >= 0.3 is 0 Å². The zero-order valence-corrected chi connectivity index (χ0v) is 14.1. The van der Waals surface area contributed by atoms with Gasteiger partial charge in [0.25, 0.3) is 0 Å². The van der Waals surface area contributed by atoms with Crippen molar-refractivity contribution in [2.75, 3.05) is 24.6 Å². The number of morpholine rings is 1. The highest BCUT2D eigenvalue weighted by Crippen LogP contribution is 2.31. The summed E-state index contributed by atoms with van der Waals surface area (Å²) in [7, 11) is 1.93. The van der Waals surface area contributed by atoms with Crippen molar-refractivity contribution in [2.45, 2.75) is 19.4 Å². The van der Waals surface area contributed by atoms with Gasteiger partial charge in [-0.3, -0.25) is 4.68 Å². The highest BCUT2D eigenvalue weighted by atomic mass is 32.1. The molecule has 1 aliphatic heterocycles. The summed E-state index contributed by atoms with van der Waals surface area (Å²) in [6.07, 6.45) is 4.78. The molecule has 120 valence electrons. The number of rotatable bonds is 3. The van der Waals surface area contributed by atoms with E-state index in [-0.39, 0.29) is 6.10 Å². The van der Waals surface area contributed by atoms with E-state index in [2.05, 4.69) is 33.4 Å². The van der Waals surface area contributed by atoms with Gasteiger partial charge in [-0.1, -0.05) is 6.92 Å². The molecular formula is C16H19N5OS. The zero-order valence-electron chi connectivity index (χ0n) is 13.3. The van der Waals surface area contributed by atoms with Gasteiger partial charge in [-0.2, -0.15) is 5.10 Å². The highest BCUT2D eigenvalue weighted by Gasteiger charge is 2.25. The third-order valence-electron chi connectivity index (χ3n) is 4.13. The van der Waals surface area contributed by atoms with Crippen LogP contribution in [-0.2, 0) is 18.2 Å². The summed E-state index contributed by atoms with van der Waals surface area (Å²) < 4.78 is 7.76. The predicted molar refractivity (Wildman–Crippen MR) is 90.9 cm³/mol. The van der Waals surface area contributed by atoms with E-state index in [0.717, 1.165) is 46.9 Å². The predicted octanol–water partition coefficient (Wildman–Crippen LogP) is 2.57. The minimum atomic E-state index is 0.0335. The molecule has 4 rings (SSSR count). The number of thiophene rings is 1. The molecule has 4 heterocycles. The molecule has 7 heteroatoms. The summed E-state index contributed by atoms with van der Waals surface area (Å²) in [5.41, 5.74) is 1.11. The first kappa shape index (κ1) is 14.6. The Kier molecular flexibility index (Phi) is 3.74. The van der Waals surface area contributed by atoms with Crippen LogP contribution in [-0.4, -0.2) is 39.4 Å². The van der Waals surface area contributed by atoms with Crippen LogP contribution in [0.5, 0.6) is 0 Å². The van der Waals surface area contributed by atoms with Crippen LogP contribution in [0.1, 0.15) is 24.4 Å². The average Bonchev–Trinajstić information content (AvgIpc) is 3.22. The fourth-order valence-corrected chi connectivity index (χ4v) is 3.71. The molecule has 0 radical (unpaired) electrons. The number of aromatic nitrogens is 4. The Hall–Kier alpha value is -1.99. The van der Waals surface area contributed by atoms with Crippen molar-refractivity contribution in [3.05, 3.63) is 35.2 Å². The first-order valence-electron chi connectivity index (χ1n) is 7.84. The minimum Gasteiger partial charge on any atom is -0.370 e. The summed E-state index contributed by atoms with van der Waals surface area (Å²) in [6.45, 7) is 4.42. The summed E-state index contributed by atoms with van der Waals surface area (Å²) in [5.74, 6) is 1.93. The summed E-state index contributed by atoms with van der Waals surface area (Å²) in [4.78, 5) is 12.8. The second kappa shape index (κ2) is 5.90. The molecule has 6 nitrogen and oxygen atoms in total. The summed E-state index contributed by atoms with van der Waals surface area (Å²) in [5, 5.41) is 7.48. The number of nitrogens with zero attached hydrogens (tertiary/aromatic N) is 5. The molecule has 0 spiro atoms. The number of hydrogen-bond donors (Lipinski definition) is 0. The van der Waals surface area contributed by atoms with Crippen molar-refractivity contribution >= 4 is 27.4 Å². The monoisotopic (exact) mass is 329 g/mol. The standard InChI is InChI=1S/C16H19N5OS/c1-3-14-18-15(12-4-7-23-16(12)19-14)21-5-6-22-13(10-21)11-8-17-20(2)9-11/h4,7-9,13H,3,5-6,10H2,1-2H3. The SMILES string of the molecule is CCc1nc(N2CCOC(c3cnn(C)c3)C2)c2ccsc2n1. The van der Waals surface area contributed by atoms with Gasteiger partial charge in [0, 0.05) is 38.3 Å².